The molecule has 1 saturated heterocycles. The van der Waals surface area contributed by atoms with E-state index in [0.717, 1.165) is 49.0 Å². The number of piperazine rings is 1. The predicted octanol–water partition coefficient (Wildman–Crippen LogP) is 5.78. The minimum Gasteiger partial charge on any atom is -0.368 e. The molecule has 3 aromatic rings. The largest absolute Gasteiger partial charge is 0.368 e. The molecule has 7 nitrogen and oxygen atoms in total. The third kappa shape index (κ3) is 5.50. The molecule has 1 heterocycles. The lowest BCUT2D eigenvalue weighted by Crippen LogP contribution is -2.46. The van der Waals surface area contributed by atoms with Gasteiger partial charge in [-0.25, -0.2) is 0 Å². The molecule has 9 heteroatoms. The Labute approximate surface area is 208 Å². The van der Waals surface area contributed by atoms with E-state index in [9.17, 15) is 14.9 Å². The summed E-state index contributed by atoms with van der Waals surface area (Å²) in [4.78, 5) is 27.7. The minimum atomic E-state index is -0.466. The molecular formula is C25H24Cl2N4O3. The number of nitro benzene ring substituents is 1. The minimum absolute atomic E-state index is 0.0177. The second-order valence-electron chi connectivity index (χ2n) is 8.23. The first kappa shape index (κ1) is 24.0. The standard InChI is InChI=1S/C25H24Cl2N4O3/c1-17-14-18(6-8-23(17)31(33)34)25(32)28-20-7-9-24(22(27)15-20)30-12-10-29(11-13-30)16-19-4-2-3-5-21(19)26/h2-9,14-15H,10-13,16H2,1H3,(H,28,32). The number of nitrogens with one attached hydrogen (secondary N) is 1. The Bertz CT molecular complexity index is 1230. The Kier molecular flexibility index (Phi) is 7.36. The van der Waals surface area contributed by atoms with Gasteiger partial charge in [0, 0.05) is 60.6 Å². The number of halogens is 2. The highest BCUT2D eigenvalue weighted by molar-refractivity contribution is 6.33. The van der Waals surface area contributed by atoms with Gasteiger partial charge in [-0.1, -0.05) is 41.4 Å². The van der Waals surface area contributed by atoms with Crippen molar-refractivity contribution in [3.63, 3.8) is 0 Å². The zero-order valence-electron chi connectivity index (χ0n) is 18.6. The van der Waals surface area contributed by atoms with Crippen LogP contribution in [0.15, 0.2) is 60.7 Å². The van der Waals surface area contributed by atoms with Gasteiger partial charge in [0.25, 0.3) is 11.6 Å². The van der Waals surface area contributed by atoms with Gasteiger partial charge in [-0.3, -0.25) is 19.8 Å². The van der Waals surface area contributed by atoms with Gasteiger partial charge in [0.2, 0.25) is 0 Å². The van der Waals surface area contributed by atoms with Gasteiger partial charge >= 0.3 is 0 Å². The Hall–Kier alpha value is -3.13. The van der Waals surface area contributed by atoms with E-state index in [0.29, 0.717) is 21.8 Å². The lowest BCUT2D eigenvalue weighted by molar-refractivity contribution is -0.385. The molecule has 1 aliphatic rings. The molecule has 0 atom stereocenters. The van der Waals surface area contributed by atoms with E-state index in [4.69, 9.17) is 23.2 Å². The molecule has 0 bridgehead atoms. The highest BCUT2D eigenvalue weighted by Crippen LogP contribution is 2.30. The molecule has 0 radical (unpaired) electrons. The summed E-state index contributed by atoms with van der Waals surface area (Å²) in [5.74, 6) is -0.352. The van der Waals surface area contributed by atoms with Crippen LogP contribution >= 0.6 is 23.2 Å². The SMILES string of the molecule is Cc1cc(C(=O)Nc2ccc(N3CCN(Cc4ccccc4Cl)CC3)c(Cl)c2)ccc1[N+](=O)[O-]. The lowest BCUT2D eigenvalue weighted by atomic mass is 10.1. The van der Waals surface area contributed by atoms with Crippen molar-refractivity contribution < 1.29 is 9.72 Å². The number of hydrogen-bond donors (Lipinski definition) is 1. The molecule has 1 fully saturated rings. The fraction of sp³-hybridized carbons (Fsp3) is 0.240. The van der Waals surface area contributed by atoms with Crippen molar-refractivity contribution in [2.45, 2.75) is 13.5 Å². The molecule has 1 amide bonds. The first-order valence-corrected chi connectivity index (χ1v) is 11.6. The number of anilines is 2. The zero-order valence-corrected chi connectivity index (χ0v) is 20.1. The van der Waals surface area contributed by atoms with Crippen molar-refractivity contribution in [1.82, 2.24) is 4.90 Å². The first-order valence-electron chi connectivity index (χ1n) is 10.9. The Morgan fingerprint density at radius 1 is 1.00 bits per heavy atom. The number of carbonyl (C=O) groups excluding carboxylic acids is 1. The lowest BCUT2D eigenvalue weighted by Gasteiger charge is -2.36. The van der Waals surface area contributed by atoms with E-state index >= 15 is 0 Å². The number of rotatable bonds is 6. The van der Waals surface area contributed by atoms with Crippen molar-refractivity contribution >= 4 is 46.2 Å². The molecule has 0 spiro atoms. The fourth-order valence-electron chi connectivity index (χ4n) is 4.06. The molecule has 1 aliphatic heterocycles. The maximum Gasteiger partial charge on any atom is 0.272 e. The van der Waals surface area contributed by atoms with Gasteiger partial charge in [-0.05, 0) is 48.9 Å². The van der Waals surface area contributed by atoms with Crippen LogP contribution in [0.1, 0.15) is 21.5 Å². The number of carbonyl (C=O) groups is 1. The molecule has 0 aliphatic carbocycles. The second kappa shape index (κ2) is 10.4. The van der Waals surface area contributed by atoms with Crippen LogP contribution in [0.2, 0.25) is 10.0 Å². The molecule has 0 aromatic heterocycles. The van der Waals surface area contributed by atoms with Crippen LogP contribution in [0, 0.1) is 17.0 Å². The van der Waals surface area contributed by atoms with E-state index in [-0.39, 0.29) is 11.6 Å². The molecule has 3 aromatic carbocycles. The predicted molar refractivity (Wildman–Crippen MR) is 136 cm³/mol. The van der Waals surface area contributed by atoms with E-state index in [1.165, 1.54) is 18.2 Å². The van der Waals surface area contributed by atoms with Crippen LogP contribution in [0.3, 0.4) is 0 Å². The van der Waals surface area contributed by atoms with Gasteiger partial charge in [0.15, 0.2) is 0 Å². The van der Waals surface area contributed by atoms with Gasteiger partial charge in [0.1, 0.15) is 0 Å². The van der Waals surface area contributed by atoms with E-state index < -0.39 is 4.92 Å². The normalized spacial score (nSPS) is 14.1. The highest BCUT2D eigenvalue weighted by atomic mass is 35.5. The van der Waals surface area contributed by atoms with Crippen molar-refractivity contribution in [3.8, 4) is 0 Å². The van der Waals surface area contributed by atoms with Crippen LogP contribution in [0.5, 0.6) is 0 Å². The fourth-order valence-corrected chi connectivity index (χ4v) is 4.56. The first-order chi connectivity index (χ1) is 16.3. The maximum absolute atomic E-state index is 12.6. The Morgan fingerprint density at radius 2 is 1.74 bits per heavy atom. The van der Waals surface area contributed by atoms with Crippen molar-refractivity contribution in [1.29, 1.82) is 0 Å². The third-order valence-corrected chi connectivity index (χ3v) is 6.60. The molecule has 4 rings (SSSR count). The molecule has 176 valence electrons. The molecule has 0 saturated carbocycles. The summed E-state index contributed by atoms with van der Waals surface area (Å²) in [6.45, 7) is 5.86. The van der Waals surface area contributed by atoms with E-state index in [1.54, 1.807) is 13.0 Å². The summed E-state index contributed by atoms with van der Waals surface area (Å²) >= 11 is 12.9. The highest BCUT2D eigenvalue weighted by Gasteiger charge is 2.20. The van der Waals surface area contributed by atoms with E-state index in [2.05, 4.69) is 21.2 Å². The van der Waals surface area contributed by atoms with Crippen LogP contribution in [0.4, 0.5) is 17.1 Å². The van der Waals surface area contributed by atoms with Crippen LogP contribution in [0.25, 0.3) is 0 Å². The van der Waals surface area contributed by atoms with Crippen LogP contribution in [-0.4, -0.2) is 41.9 Å². The zero-order chi connectivity index (χ0) is 24.2. The van der Waals surface area contributed by atoms with E-state index in [1.807, 2.05) is 30.3 Å². The molecule has 1 N–H and O–H groups in total. The number of nitro groups is 1. The van der Waals surface area contributed by atoms with Gasteiger partial charge in [0.05, 0.1) is 15.6 Å². The number of benzene rings is 3. The smallest absolute Gasteiger partial charge is 0.272 e. The topological polar surface area (TPSA) is 78.7 Å². The van der Waals surface area contributed by atoms with Crippen LogP contribution < -0.4 is 10.2 Å². The number of aryl methyl sites for hydroxylation is 1. The second-order valence-corrected chi connectivity index (χ2v) is 9.05. The summed E-state index contributed by atoms with van der Waals surface area (Å²) in [7, 11) is 0. The Balaban J connectivity index is 1.37. The van der Waals surface area contributed by atoms with Gasteiger partial charge < -0.3 is 10.2 Å². The number of amides is 1. The van der Waals surface area contributed by atoms with Crippen LogP contribution in [-0.2, 0) is 6.54 Å². The summed E-state index contributed by atoms with van der Waals surface area (Å²) in [6, 6.07) is 17.6. The Morgan fingerprint density at radius 3 is 2.38 bits per heavy atom. The number of nitrogens with zero attached hydrogens (tertiary/aromatic N) is 3. The van der Waals surface area contributed by atoms with Crippen molar-refractivity contribution in [2.24, 2.45) is 0 Å². The maximum atomic E-state index is 12.6. The summed E-state index contributed by atoms with van der Waals surface area (Å²) in [6.07, 6.45) is 0. The average Bonchev–Trinajstić information content (AvgIpc) is 2.81. The molecular weight excluding hydrogens is 475 g/mol. The third-order valence-electron chi connectivity index (χ3n) is 5.93. The number of hydrogen-bond acceptors (Lipinski definition) is 5. The quantitative estimate of drug-likeness (QED) is 0.344. The van der Waals surface area contributed by atoms with Crippen molar-refractivity contribution in [3.05, 3.63) is 97.5 Å². The average molecular weight is 499 g/mol. The molecule has 34 heavy (non-hydrogen) atoms. The summed E-state index contributed by atoms with van der Waals surface area (Å²) < 4.78 is 0. The van der Waals surface area contributed by atoms with Gasteiger partial charge in [-0.15, -0.1) is 0 Å². The summed E-state index contributed by atoms with van der Waals surface area (Å²) in [5, 5.41) is 15.1. The summed E-state index contributed by atoms with van der Waals surface area (Å²) in [5.41, 5.74) is 3.36. The van der Waals surface area contributed by atoms with Crippen molar-refractivity contribution in [2.75, 3.05) is 36.4 Å². The monoisotopic (exact) mass is 498 g/mol. The molecule has 0 unspecified atom stereocenters. The van der Waals surface area contributed by atoms with Gasteiger partial charge in [-0.2, -0.15) is 0 Å².